The zero-order valence-corrected chi connectivity index (χ0v) is 14.1. The van der Waals surface area contributed by atoms with Gasteiger partial charge in [0.25, 0.3) is 0 Å². The molecule has 3 heteroatoms. The average Bonchev–Trinajstić information content (AvgIpc) is 2.62. The molecule has 1 aliphatic heterocycles. The predicted molar refractivity (Wildman–Crippen MR) is 95.0 cm³/mol. The lowest BCUT2D eigenvalue weighted by Crippen LogP contribution is -2.45. The van der Waals surface area contributed by atoms with Gasteiger partial charge in [0, 0.05) is 12.0 Å². The van der Waals surface area contributed by atoms with Crippen molar-refractivity contribution in [2.45, 2.75) is 31.8 Å². The highest BCUT2D eigenvalue weighted by Crippen LogP contribution is 2.38. The molecule has 122 valence electrons. The van der Waals surface area contributed by atoms with Crippen LogP contribution in [0.5, 0.6) is 0 Å². The SMILES string of the molecule is COC1=C(Cc2ccccc2)N=C2c3ccccc3CCC2(C)O1. The van der Waals surface area contributed by atoms with Gasteiger partial charge in [-0.15, -0.1) is 0 Å². The fourth-order valence-corrected chi connectivity index (χ4v) is 3.53. The van der Waals surface area contributed by atoms with E-state index in [0.29, 0.717) is 12.4 Å². The number of rotatable bonds is 3. The first-order valence-corrected chi connectivity index (χ1v) is 8.37. The summed E-state index contributed by atoms with van der Waals surface area (Å²) in [6.07, 6.45) is 2.61. The molecule has 0 bridgehead atoms. The van der Waals surface area contributed by atoms with Crippen molar-refractivity contribution in [2.75, 3.05) is 7.11 Å². The van der Waals surface area contributed by atoms with Gasteiger partial charge in [-0.1, -0.05) is 54.6 Å². The molecule has 0 saturated carbocycles. The average molecular weight is 319 g/mol. The van der Waals surface area contributed by atoms with Crippen molar-refractivity contribution >= 4 is 5.71 Å². The Labute approximate surface area is 142 Å². The summed E-state index contributed by atoms with van der Waals surface area (Å²) < 4.78 is 11.8. The van der Waals surface area contributed by atoms with Gasteiger partial charge in [0.15, 0.2) is 5.60 Å². The lowest BCUT2D eigenvalue weighted by Gasteiger charge is -2.39. The molecule has 4 rings (SSSR count). The molecule has 3 nitrogen and oxygen atoms in total. The molecular formula is C21H21NO2. The smallest absolute Gasteiger partial charge is 0.302 e. The summed E-state index contributed by atoms with van der Waals surface area (Å²) >= 11 is 0. The minimum absolute atomic E-state index is 0.417. The highest BCUT2D eigenvalue weighted by Gasteiger charge is 2.42. The Bertz CT molecular complexity index is 823. The van der Waals surface area contributed by atoms with Crippen LogP contribution < -0.4 is 0 Å². The first-order valence-electron chi connectivity index (χ1n) is 8.37. The van der Waals surface area contributed by atoms with Gasteiger partial charge in [-0.05, 0) is 30.9 Å². The maximum absolute atomic E-state index is 6.30. The highest BCUT2D eigenvalue weighted by molar-refractivity contribution is 6.09. The summed E-state index contributed by atoms with van der Waals surface area (Å²) in [6, 6.07) is 18.8. The third kappa shape index (κ3) is 2.50. The molecule has 0 N–H and O–H groups in total. The number of aliphatic imine (C=N–C) groups is 1. The Morgan fingerprint density at radius 2 is 1.83 bits per heavy atom. The number of methoxy groups -OCH3 is 1. The van der Waals surface area contributed by atoms with Crippen LogP contribution in [0, 0.1) is 0 Å². The summed E-state index contributed by atoms with van der Waals surface area (Å²) in [5, 5.41) is 0. The van der Waals surface area contributed by atoms with Crippen LogP contribution >= 0.6 is 0 Å². The van der Waals surface area contributed by atoms with Crippen molar-refractivity contribution in [1.82, 2.24) is 0 Å². The Morgan fingerprint density at radius 1 is 1.08 bits per heavy atom. The molecule has 1 atom stereocenters. The van der Waals surface area contributed by atoms with Crippen LogP contribution in [-0.2, 0) is 22.3 Å². The Hall–Kier alpha value is -2.55. The molecule has 24 heavy (non-hydrogen) atoms. The van der Waals surface area contributed by atoms with Crippen molar-refractivity contribution < 1.29 is 9.47 Å². The molecule has 1 heterocycles. The quantitative estimate of drug-likeness (QED) is 0.846. The van der Waals surface area contributed by atoms with Gasteiger partial charge in [0.1, 0.15) is 5.70 Å². The summed E-state index contributed by atoms with van der Waals surface area (Å²) in [7, 11) is 1.65. The van der Waals surface area contributed by atoms with Gasteiger partial charge in [0.2, 0.25) is 0 Å². The van der Waals surface area contributed by atoms with E-state index in [1.165, 1.54) is 16.7 Å². The van der Waals surface area contributed by atoms with Crippen molar-refractivity contribution in [3.63, 3.8) is 0 Å². The fraction of sp³-hybridized carbons (Fsp3) is 0.286. The number of nitrogens with zero attached hydrogens (tertiary/aromatic N) is 1. The molecule has 0 radical (unpaired) electrons. The lowest BCUT2D eigenvalue weighted by atomic mass is 9.79. The van der Waals surface area contributed by atoms with Gasteiger partial charge in [-0.2, -0.15) is 0 Å². The predicted octanol–water partition coefficient (Wildman–Crippen LogP) is 4.27. The number of fused-ring (bicyclic) bond motifs is 3. The van der Waals surface area contributed by atoms with Crippen LogP contribution in [0.2, 0.25) is 0 Å². The van der Waals surface area contributed by atoms with Gasteiger partial charge in [-0.3, -0.25) is 0 Å². The van der Waals surface area contributed by atoms with E-state index in [2.05, 4.69) is 43.3 Å². The molecule has 0 aromatic heterocycles. The summed E-state index contributed by atoms with van der Waals surface area (Å²) in [5.74, 6) is 0.546. The molecule has 2 aromatic carbocycles. The van der Waals surface area contributed by atoms with E-state index in [9.17, 15) is 0 Å². The minimum atomic E-state index is -0.417. The monoisotopic (exact) mass is 319 g/mol. The summed E-state index contributed by atoms with van der Waals surface area (Å²) in [6.45, 7) is 2.11. The number of benzene rings is 2. The Kier molecular flexibility index (Phi) is 3.64. The molecular weight excluding hydrogens is 298 g/mol. The van der Waals surface area contributed by atoms with E-state index in [1.54, 1.807) is 7.11 Å². The standard InChI is InChI=1S/C21H21NO2/c1-21-13-12-16-10-6-7-11-17(16)19(21)22-18(20(23-2)24-21)14-15-8-4-3-5-9-15/h3-11H,12-14H2,1-2H3. The van der Waals surface area contributed by atoms with Crippen LogP contribution in [0.4, 0.5) is 0 Å². The normalized spacial score (nSPS) is 22.2. The molecule has 0 spiro atoms. The third-order valence-corrected chi connectivity index (χ3v) is 4.84. The second-order valence-electron chi connectivity index (χ2n) is 6.55. The van der Waals surface area contributed by atoms with Gasteiger partial charge in [0.05, 0.1) is 12.8 Å². The number of allylic oxidation sites excluding steroid dienone is 1. The number of aryl methyl sites for hydroxylation is 1. The number of hydrogen-bond donors (Lipinski definition) is 0. The lowest BCUT2D eigenvalue weighted by molar-refractivity contribution is -0.0255. The van der Waals surface area contributed by atoms with Crippen LogP contribution in [0.3, 0.4) is 0 Å². The maximum Gasteiger partial charge on any atom is 0.302 e. The largest absolute Gasteiger partial charge is 0.467 e. The van der Waals surface area contributed by atoms with E-state index in [0.717, 1.165) is 24.3 Å². The van der Waals surface area contributed by atoms with Gasteiger partial charge >= 0.3 is 5.95 Å². The van der Waals surface area contributed by atoms with E-state index < -0.39 is 5.60 Å². The molecule has 1 aliphatic carbocycles. The van der Waals surface area contributed by atoms with Crippen LogP contribution in [0.25, 0.3) is 0 Å². The third-order valence-electron chi connectivity index (χ3n) is 4.84. The molecule has 1 unspecified atom stereocenters. The van der Waals surface area contributed by atoms with Crippen molar-refractivity contribution in [1.29, 1.82) is 0 Å². The van der Waals surface area contributed by atoms with Gasteiger partial charge < -0.3 is 9.47 Å². The second kappa shape index (κ2) is 5.82. The molecule has 0 fully saturated rings. The van der Waals surface area contributed by atoms with Crippen molar-refractivity contribution in [3.05, 3.63) is 82.9 Å². The van der Waals surface area contributed by atoms with Crippen molar-refractivity contribution in [3.8, 4) is 0 Å². The Morgan fingerprint density at radius 3 is 2.62 bits per heavy atom. The summed E-state index contributed by atoms with van der Waals surface area (Å²) in [5.41, 5.74) is 5.20. The first kappa shape index (κ1) is 15.0. The summed E-state index contributed by atoms with van der Waals surface area (Å²) in [4.78, 5) is 5.01. The molecule has 0 amide bonds. The molecule has 2 aromatic rings. The topological polar surface area (TPSA) is 30.8 Å². The number of hydrogen-bond acceptors (Lipinski definition) is 3. The van der Waals surface area contributed by atoms with E-state index in [1.807, 2.05) is 18.2 Å². The van der Waals surface area contributed by atoms with Crippen LogP contribution in [0.15, 0.2) is 71.2 Å². The van der Waals surface area contributed by atoms with Crippen LogP contribution in [-0.4, -0.2) is 18.4 Å². The van der Waals surface area contributed by atoms with E-state index in [4.69, 9.17) is 14.5 Å². The molecule has 0 saturated heterocycles. The maximum atomic E-state index is 6.30. The zero-order valence-electron chi connectivity index (χ0n) is 14.1. The Balaban J connectivity index is 1.79. The van der Waals surface area contributed by atoms with E-state index >= 15 is 0 Å². The first-order chi connectivity index (χ1) is 11.7. The van der Waals surface area contributed by atoms with Crippen LogP contribution in [0.1, 0.15) is 30.0 Å². The minimum Gasteiger partial charge on any atom is -0.467 e. The molecule has 2 aliphatic rings. The van der Waals surface area contributed by atoms with Gasteiger partial charge in [-0.25, -0.2) is 4.99 Å². The highest BCUT2D eigenvalue weighted by atomic mass is 16.7. The fourth-order valence-electron chi connectivity index (χ4n) is 3.53. The van der Waals surface area contributed by atoms with Crippen molar-refractivity contribution in [2.24, 2.45) is 4.99 Å². The van der Waals surface area contributed by atoms with E-state index in [-0.39, 0.29) is 0 Å². The zero-order chi connectivity index (χ0) is 16.6. The number of ether oxygens (including phenoxy) is 2. The second-order valence-corrected chi connectivity index (χ2v) is 6.55.